The summed E-state index contributed by atoms with van der Waals surface area (Å²) in [5, 5.41) is 2.61. The number of thiophene rings is 1. The molecule has 1 aliphatic carbocycles. The van der Waals surface area contributed by atoms with E-state index in [-0.39, 0.29) is 0 Å². The highest BCUT2D eigenvalue weighted by molar-refractivity contribution is 7.26. The van der Waals surface area contributed by atoms with Crippen LogP contribution in [-0.2, 0) is 0 Å². The molecule has 1 aliphatic heterocycles. The van der Waals surface area contributed by atoms with Crippen molar-refractivity contribution < 1.29 is 0 Å². The molecule has 214 valence electrons. The lowest BCUT2D eigenvalue weighted by Crippen LogP contribution is -2.15. The van der Waals surface area contributed by atoms with Crippen LogP contribution in [0.3, 0.4) is 0 Å². The van der Waals surface area contributed by atoms with Crippen LogP contribution in [0.2, 0.25) is 0 Å². The molecule has 4 heteroatoms. The van der Waals surface area contributed by atoms with Crippen LogP contribution in [0, 0.1) is 0 Å². The average Bonchev–Trinajstić information content (AvgIpc) is 3.66. The van der Waals surface area contributed by atoms with Crippen molar-refractivity contribution >= 4 is 60.1 Å². The van der Waals surface area contributed by atoms with E-state index >= 15 is 0 Å². The minimum absolute atomic E-state index is 0.410. The van der Waals surface area contributed by atoms with Gasteiger partial charge in [0.15, 0.2) is 0 Å². The molecule has 1 unspecified atom stereocenters. The van der Waals surface area contributed by atoms with Crippen LogP contribution in [0.15, 0.2) is 164 Å². The van der Waals surface area contributed by atoms with Crippen molar-refractivity contribution in [3.8, 4) is 11.1 Å². The highest BCUT2D eigenvalue weighted by Gasteiger charge is 2.34. The van der Waals surface area contributed by atoms with E-state index < -0.39 is 0 Å². The van der Waals surface area contributed by atoms with Crippen molar-refractivity contribution in [1.29, 1.82) is 0 Å². The maximum absolute atomic E-state index is 5.06. The molecule has 0 amide bonds. The number of benzene rings is 5. The van der Waals surface area contributed by atoms with Gasteiger partial charge in [-0.15, -0.1) is 11.3 Å². The van der Waals surface area contributed by atoms with Gasteiger partial charge in [0, 0.05) is 71.9 Å². The van der Waals surface area contributed by atoms with Crippen LogP contribution in [-0.4, -0.2) is 4.98 Å². The Kier molecular flexibility index (Phi) is 6.13. The van der Waals surface area contributed by atoms with E-state index in [0.717, 1.165) is 29.2 Å². The second-order valence-corrected chi connectivity index (χ2v) is 12.6. The molecule has 2 aromatic heterocycles. The first kappa shape index (κ1) is 26.0. The van der Waals surface area contributed by atoms with Gasteiger partial charge in [-0.3, -0.25) is 4.90 Å². The zero-order chi connectivity index (χ0) is 29.7. The molecule has 9 rings (SSSR count). The van der Waals surface area contributed by atoms with Gasteiger partial charge in [0.05, 0.1) is 0 Å². The predicted molar refractivity (Wildman–Crippen MR) is 190 cm³/mol. The fraction of sp³-hybridized carbons (Fsp3) is 0.0488. The lowest BCUT2D eigenvalue weighted by atomic mass is 9.92. The molecule has 0 saturated heterocycles. The molecule has 0 spiro atoms. The molecule has 1 atom stereocenters. The van der Waals surface area contributed by atoms with Crippen molar-refractivity contribution in [1.82, 2.24) is 4.98 Å². The zero-order valence-corrected chi connectivity index (χ0v) is 25.4. The van der Waals surface area contributed by atoms with Crippen LogP contribution in [0.5, 0.6) is 0 Å². The number of aromatic nitrogens is 1. The number of pyridine rings is 1. The molecule has 0 fully saturated rings. The quantitative estimate of drug-likeness (QED) is 0.197. The molecule has 3 nitrogen and oxygen atoms in total. The van der Waals surface area contributed by atoms with Crippen LogP contribution < -0.4 is 9.80 Å². The minimum Gasteiger partial charge on any atom is -0.313 e. The number of rotatable bonds is 5. The Bertz CT molecular complexity index is 2250. The van der Waals surface area contributed by atoms with Gasteiger partial charge in [0.1, 0.15) is 5.82 Å². The maximum atomic E-state index is 5.06. The normalized spacial score (nSPS) is 15.2. The number of fused-ring (bicyclic) bond motifs is 6. The first-order valence-corrected chi connectivity index (χ1v) is 16.2. The van der Waals surface area contributed by atoms with Crippen LogP contribution in [0.4, 0.5) is 28.6 Å². The summed E-state index contributed by atoms with van der Waals surface area (Å²) < 4.78 is 2.62. The zero-order valence-electron chi connectivity index (χ0n) is 24.5. The number of hydrogen-bond acceptors (Lipinski definition) is 4. The molecule has 0 radical (unpaired) electrons. The second kappa shape index (κ2) is 10.6. The topological polar surface area (TPSA) is 19.4 Å². The van der Waals surface area contributed by atoms with Gasteiger partial charge in [-0.1, -0.05) is 84.9 Å². The number of allylic oxidation sites excluding steroid dienone is 4. The summed E-state index contributed by atoms with van der Waals surface area (Å²) >= 11 is 1.85. The van der Waals surface area contributed by atoms with E-state index in [2.05, 4.69) is 161 Å². The number of nitrogens with zero attached hydrogens (tertiary/aromatic N) is 3. The Morgan fingerprint density at radius 2 is 1.47 bits per heavy atom. The predicted octanol–water partition coefficient (Wildman–Crippen LogP) is 11.7. The first-order chi connectivity index (χ1) is 22.3. The fourth-order valence-electron chi connectivity index (χ4n) is 6.94. The van der Waals surface area contributed by atoms with E-state index in [9.17, 15) is 0 Å². The highest BCUT2D eigenvalue weighted by Crippen LogP contribution is 2.50. The number of anilines is 5. The van der Waals surface area contributed by atoms with E-state index in [0.29, 0.717) is 5.92 Å². The third-order valence-corrected chi connectivity index (χ3v) is 10.2. The van der Waals surface area contributed by atoms with Crippen molar-refractivity contribution in [2.24, 2.45) is 0 Å². The molecule has 2 aliphatic rings. The lowest BCUT2D eigenvalue weighted by Gasteiger charge is -2.27. The Morgan fingerprint density at radius 3 is 2.33 bits per heavy atom. The Morgan fingerprint density at radius 1 is 0.689 bits per heavy atom. The largest absolute Gasteiger partial charge is 0.313 e. The second-order valence-electron chi connectivity index (χ2n) is 11.6. The summed E-state index contributed by atoms with van der Waals surface area (Å²) in [5.74, 6) is 1.29. The van der Waals surface area contributed by atoms with Gasteiger partial charge in [-0.25, -0.2) is 4.98 Å². The monoisotopic (exact) mass is 595 g/mol. The van der Waals surface area contributed by atoms with E-state index in [1.54, 1.807) is 0 Å². The van der Waals surface area contributed by atoms with Gasteiger partial charge in [0.2, 0.25) is 0 Å². The molecular formula is C41H29N3S. The summed E-state index contributed by atoms with van der Waals surface area (Å²) in [6.45, 7) is 0. The van der Waals surface area contributed by atoms with E-state index in [1.165, 1.54) is 48.4 Å². The van der Waals surface area contributed by atoms with Gasteiger partial charge in [0.25, 0.3) is 0 Å². The Labute approximate surface area is 266 Å². The smallest absolute Gasteiger partial charge is 0.137 e. The maximum Gasteiger partial charge on any atom is 0.137 e. The Balaban J connectivity index is 1.09. The average molecular weight is 596 g/mol. The molecular weight excluding hydrogens is 567 g/mol. The van der Waals surface area contributed by atoms with Gasteiger partial charge in [-0.05, 0) is 78.7 Å². The van der Waals surface area contributed by atoms with E-state index in [4.69, 9.17) is 4.98 Å². The molecule has 0 bridgehead atoms. The number of hydrogen-bond donors (Lipinski definition) is 0. The Hall–Kier alpha value is -5.45. The summed E-state index contributed by atoms with van der Waals surface area (Å²) in [5.41, 5.74) is 9.67. The van der Waals surface area contributed by atoms with Gasteiger partial charge < -0.3 is 4.90 Å². The van der Waals surface area contributed by atoms with Crippen LogP contribution >= 0.6 is 11.3 Å². The van der Waals surface area contributed by atoms with Crippen LogP contribution in [0.1, 0.15) is 17.9 Å². The van der Waals surface area contributed by atoms with Crippen molar-refractivity contribution in [2.45, 2.75) is 12.3 Å². The molecule has 45 heavy (non-hydrogen) atoms. The van der Waals surface area contributed by atoms with Crippen molar-refractivity contribution in [2.75, 3.05) is 9.80 Å². The summed E-state index contributed by atoms with van der Waals surface area (Å²) in [4.78, 5) is 9.71. The fourth-order valence-corrected chi connectivity index (χ4v) is 8.18. The minimum atomic E-state index is 0.410. The molecule has 3 heterocycles. The highest BCUT2D eigenvalue weighted by atomic mass is 32.1. The number of para-hydroxylation sites is 2. The van der Waals surface area contributed by atoms with Crippen LogP contribution in [0.25, 0.3) is 31.3 Å². The van der Waals surface area contributed by atoms with Gasteiger partial charge >= 0.3 is 0 Å². The summed E-state index contributed by atoms with van der Waals surface area (Å²) in [7, 11) is 0. The summed E-state index contributed by atoms with van der Waals surface area (Å²) in [6, 6.07) is 47.8. The lowest BCUT2D eigenvalue weighted by molar-refractivity contribution is 0.819. The molecule has 0 N–H and O–H groups in total. The summed E-state index contributed by atoms with van der Waals surface area (Å²) in [6.07, 6.45) is 9.79. The molecule has 5 aromatic carbocycles. The van der Waals surface area contributed by atoms with Crippen molar-refractivity contribution in [3.05, 3.63) is 169 Å². The molecule has 0 saturated carbocycles. The third kappa shape index (κ3) is 4.29. The SMILES string of the molecule is C1=CCC2C(=C1)N(c1ccc(N(c3ccccc3)c3ccc(-c4cccc5c4sc4ccccc45)cn3)cc1)c1ccccc12. The van der Waals surface area contributed by atoms with E-state index in [1.807, 2.05) is 17.5 Å². The van der Waals surface area contributed by atoms with Crippen molar-refractivity contribution in [3.63, 3.8) is 0 Å². The molecule has 7 aromatic rings. The standard InChI is InChI=1S/C41H29N3S/c1-2-11-29(12-3-1)43(30-22-24-31(25-23-30)44-37-18-7-4-13-33(37)34-14-5-8-19-38(34)44)40-26-21-28(27-42-40)32-16-10-17-36-35-15-6-9-20-39(35)45-41(32)36/h1-13,15-27,34H,14H2. The third-order valence-electron chi connectivity index (χ3n) is 9.02. The van der Waals surface area contributed by atoms with Gasteiger partial charge in [-0.2, -0.15) is 0 Å². The first-order valence-electron chi connectivity index (χ1n) is 15.4.